The first-order valence-electron chi connectivity index (χ1n) is 7.81. The van der Waals surface area contributed by atoms with Crippen LogP contribution in [0.1, 0.15) is 48.6 Å². The fourth-order valence-electron chi connectivity index (χ4n) is 3.19. The Hall–Kier alpha value is -0.770. The zero-order chi connectivity index (χ0) is 14.5. The maximum absolute atomic E-state index is 3.95. The molecule has 1 aliphatic rings. The summed E-state index contributed by atoms with van der Waals surface area (Å²) in [5.41, 5.74) is 1.43. The van der Waals surface area contributed by atoms with E-state index in [9.17, 15) is 0 Å². The van der Waals surface area contributed by atoms with E-state index in [1.165, 1.54) is 47.4 Å². The Labute approximate surface area is 136 Å². The molecule has 1 heterocycles. The lowest BCUT2D eigenvalue weighted by molar-refractivity contribution is 0.355. The Morgan fingerprint density at radius 3 is 2.62 bits per heavy atom. The molecule has 0 saturated heterocycles. The summed E-state index contributed by atoms with van der Waals surface area (Å²) >= 11 is 3.71. The van der Waals surface area contributed by atoms with E-state index in [1.54, 1.807) is 0 Å². The summed E-state index contributed by atoms with van der Waals surface area (Å²) in [6, 6.07) is 14.3. The van der Waals surface area contributed by atoms with Gasteiger partial charge in [-0.25, -0.2) is 0 Å². The molecule has 0 radical (unpaired) electrons. The number of thiophene rings is 1. The van der Waals surface area contributed by atoms with Crippen molar-refractivity contribution >= 4 is 23.1 Å². The summed E-state index contributed by atoms with van der Waals surface area (Å²) in [6.45, 7) is 0. The van der Waals surface area contributed by atoms with E-state index in [4.69, 9.17) is 0 Å². The lowest BCUT2D eigenvalue weighted by Crippen LogP contribution is -2.34. The zero-order valence-corrected chi connectivity index (χ0v) is 14.2. The molecule has 1 N–H and O–H groups in total. The van der Waals surface area contributed by atoms with Crippen LogP contribution in [0.3, 0.4) is 0 Å². The van der Waals surface area contributed by atoms with Crippen molar-refractivity contribution in [2.24, 2.45) is 0 Å². The van der Waals surface area contributed by atoms with Gasteiger partial charge in [-0.15, -0.1) is 23.1 Å². The van der Waals surface area contributed by atoms with Crippen molar-refractivity contribution in [1.82, 2.24) is 5.32 Å². The van der Waals surface area contributed by atoms with Crippen molar-refractivity contribution in [2.75, 3.05) is 6.26 Å². The van der Waals surface area contributed by atoms with Gasteiger partial charge in [-0.1, -0.05) is 43.5 Å². The highest BCUT2D eigenvalue weighted by Gasteiger charge is 2.22. The molecule has 0 bridgehead atoms. The standard InChI is InChI=1S/C18H23NS2/c1-20-16-11-6-5-10-15(16)18(17-12-7-13-21-17)19-14-8-3-2-4-9-14/h5-7,10-14,18-19H,2-4,8-9H2,1H3. The van der Waals surface area contributed by atoms with Crippen LogP contribution >= 0.6 is 23.1 Å². The van der Waals surface area contributed by atoms with Gasteiger partial charge in [-0.05, 0) is 42.2 Å². The third-order valence-corrected chi connectivity index (χ3v) is 6.03. The van der Waals surface area contributed by atoms with Crippen LogP contribution in [0.2, 0.25) is 0 Å². The lowest BCUT2D eigenvalue weighted by Gasteiger charge is -2.29. The van der Waals surface area contributed by atoms with E-state index < -0.39 is 0 Å². The number of hydrogen-bond donors (Lipinski definition) is 1. The minimum Gasteiger partial charge on any atom is -0.303 e. The minimum absolute atomic E-state index is 0.344. The second-order valence-corrected chi connectivity index (χ2v) is 7.52. The van der Waals surface area contributed by atoms with Crippen molar-refractivity contribution in [2.45, 2.75) is 49.1 Å². The van der Waals surface area contributed by atoms with Gasteiger partial charge in [0.05, 0.1) is 6.04 Å². The molecule has 0 spiro atoms. The van der Waals surface area contributed by atoms with Gasteiger partial charge in [0, 0.05) is 15.8 Å². The maximum Gasteiger partial charge on any atom is 0.0684 e. The third-order valence-electron chi connectivity index (χ3n) is 4.29. The quantitative estimate of drug-likeness (QED) is 0.733. The summed E-state index contributed by atoms with van der Waals surface area (Å²) in [5, 5.41) is 6.13. The second kappa shape index (κ2) is 7.48. The molecule has 0 amide bonds. The predicted molar refractivity (Wildman–Crippen MR) is 94.4 cm³/mol. The van der Waals surface area contributed by atoms with E-state index in [2.05, 4.69) is 53.4 Å². The van der Waals surface area contributed by atoms with Crippen molar-refractivity contribution in [3.05, 3.63) is 52.2 Å². The van der Waals surface area contributed by atoms with E-state index in [0.717, 1.165) is 0 Å². The molecule has 21 heavy (non-hydrogen) atoms. The average molecular weight is 318 g/mol. The molecule has 0 aliphatic heterocycles. The number of nitrogens with one attached hydrogen (secondary N) is 1. The van der Waals surface area contributed by atoms with Gasteiger partial charge in [0.25, 0.3) is 0 Å². The van der Waals surface area contributed by atoms with E-state index in [-0.39, 0.29) is 0 Å². The molecule has 1 aromatic carbocycles. The van der Waals surface area contributed by atoms with Crippen LogP contribution in [0.15, 0.2) is 46.7 Å². The monoisotopic (exact) mass is 317 g/mol. The Morgan fingerprint density at radius 2 is 1.90 bits per heavy atom. The third kappa shape index (κ3) is 3.71. The summed E-state index contributed by atoms with van der Waals surface area (Å²) in [7, 11) is 0. The van der Waals surface area contributed by atoms with Gasteiger partial charge in [-0.2, -0.15) is 0 Å². The molecule has 1 atom stereocenters. The Bertz CT molecular complexity index is 544. The van der Waals surface area contributed by atoms with Crippen molar-refractivity contribution in [1.29, 1.82) is 0 Å². The highest BCUT2D eigenvalue weighted by Crippen LogP contribution is 2.34. The number of thioether (sulfide) groups is 1. The first kappa shape index (κ1) is 15.1. The molecule has 3 rings (SSSR count). The zero-order valence-electron chi connectivity index (χ0n) is 12.5. The molecule has 1 saturated carbocycles. The molecular formula is C18H23NS2. The molecular weight excluding hydrogens is 294 g/mol. The van der Waals surface area contributed by atoms with Gasteiger partial charge in [-0.3, -0.25) is 0 Å². The Kier molecular flexibility index (Phi) is 5.39. The molecule has 2 aromatic rings. The molecule has 1 unspecified atom stereocenters. The highest BCUT2D eigenvalue weighted by atomic mass is 32.2. The van der Waals surface area contributed by atoms with Gasteiger partial charge in [0.1, 0.15) is 0 Å². The highest BCUT2D eigenvalue weighted by molar-refractivity contribution is 7.98. The second-order valence-electron chi connectivity index (χ2n) is 5.69. The molecule has 1 aromatic heterocycles. The minimum atomic E-state index is 0.344. The fraction of sp³-hybridized carbons (Fsp3) is 0.444. The largest absolute Gasteiger partial charge is 0.303 e. The van der Waals surface area contributed by atoms with Crippen LogP contribution in [0, 0.1) is 0 Å². The number of hydrogen-bond acceptors (Lipinski definition) is 3. The normalized spacial score (nSPS) is 17.8. The Balaban J connectivity index is 1.88. The van der Waals surface area contributed by atoms with Crippen LogP contribution < -0.4 is 5.32 Å². The molecule has 1 fully saturated rings. The van der Waals surface area contributed by atoms with E-state index in [1.807, 2.05) is 23.1 Å². The van der Waals surface area contributed by atoms with Crippen LogP contribution in [0.5, 0.6) is 0 Å². The number of rotatable bonds is 5. The maximum atomic E-state index is 3.95. The van der Waals surface area contributed by atoms with Gasteiger partial charge < -0.3 is 5.32 Å². The fourth-order valence-corrected chi connectivity index (χ4v) is 4.63. The summed E-state index contributed by atoms with van der Waals surface area (Å²) in [6.07, 6.45) is 8.97. The Morgan fingerprint density at radius 1 is 1.10 bits per heavy atom. The molecule has 112 valence electrons. The van der Waals surface area contributed by atoms with Crippen LogP contribution in [-0.4, -0.2) is 12.3 Å². The van der Waals surface area contributed by atoms with Crippen LogP contribution in [0.4, 0.5) is 0 Å². The van der Waals surface area contributed by atoms with Crippen molar-refractivity contribution < 1.29 is 0 Å². The SMILES string of the molecule is CSc1ccccc1C(NC1CCCCC1)c1cccs1. The first-order chi connectivity index (χ1) is 10.4. The van der Waals surface area contributed by atoms with Crippen molar-refractivity contribution in [3.63, 3.8) is 0 Å². The van der Waals surface area contributed by atoms with Gasteiger partial charge in [0.2, 0.25) is 0 Å². The van der Waals surface area contributed by atoms with E-state index in [0.29, 0.717) is 12.1 Å². The number of benzene rings is 1. The summed E-state index contributed by atoms with van der Waals surface area (Å²) in [5.74, 6) is 0. The molecule has 1 aliphatic carbocycles. The smallest absolute Gasteiger partial charge is 0.0684 e. The first-order valence-corrected chi connectivity index (χ1v) is 9.91. The average Bonchev–Trinajstić information content (AvgIpc) is 3.08. The molecule has 1 nitrogen and oxygen atoms in total. The summed E-state index contributed by atoms with van der Waals surface area (Å²) in [4.78, 5) is 2.82. The van der Waals surface area contributed by atoms with Crippen LogP contribution in [0.25, 0.3) is 0 Å². The predicted octanol–water partition coefficient (Wildman–Crippen LogP) is 5.48. The van der Waals surface area contributed by atoms with Gasteiger partial charge >= 0.3 is 0 Å². The van der Waals surface area contributed by atoms with Gasteiger partial charge in [0.15, 0.2) is 0 Å². The summed E-state index contributed by atoms with van der Waals surface area (Å²) < 4.78 is 0. The topological polar surface area (TPSA) is 12.0 Å². The molecule has 3 heteroatoms. The van der Waals surface area contributed by atoms with E-state index >= 15 is 0 Å². The van der Waals surface area contributed by atoms with Crippen LogP contribution in [-0.2, 0) is 0 Å². The van der Waals surface area contributed by atoms with Crippen molar-refractivity contribution in [3.8, 4) is 0 Å². The lowest BCUT2D eigenvalue weighted by atomic mass is 9.93.